The number of carbonyl (C=O) groups is 2. The fourth-order valence-corrected chi connectivity index (χ4v) is 4.85. The fraction of sp³-hybridized carbons (Fsp3) is 0.206. The number of carboxylic acid groups (broad SMARTS) is 1. The Labute approximate surface area is 258 Å². The summed E-state index contributed by atoms with van der Waals surface area (Å²) in [5, 5.41) is 21.3. The largest absolute Gasteiger partial charge is 0.478 e. The molecule has 0 saturated heterocycles. The van der Waals surface area contributed by atoms with Gasteiger partial charge < -0.3 is 24.5 Å². The average molecular weight is 608 g/mol. The summed E-state index contributed by atoms with van der Waals surface area (Å²) >= 11 is 0. The van der Waals surface area contributed by atoms with Gasteiger partial charge in [0.1, 0.15) is 18.2 Å². The molecule has 5 rings (SSSR count). The van der Waals surface area contributed by atoms with Crippen LogP contribution in [0, 0.1) is 17.1 Å². The number of methoxy groups -OCH3 is 1. The van der Waals surface area contributed by atoms with Gasteiger partial charge in [0.15, 0.2) is 0 Å². The second kappa shape index (κ2) is 13.8. The van der Waals surface area contributed by atoms with Gasteiger partial charge in [-0.25, -0.2) is 19.2 Å². The predicted octanol–water partition coefficient (Wildman–Crippen LogP) is 5.13. The number of carboxylic acids is 1. The Kier molecular flexibility index (Phi) is 9.46. The number of halogens is 1. The number of rotatable bonds is 12. The number of nitriles is 1. The average Bonchev–Trinajstić information content (AvgIpc) is 3.38. The Morgan fingerprint density at radius 2 is 1.87 bits per heavy atom. The van der Waals surface area contributed by atoms with Gasteiger partial charge in [0.05, 0.1) is 46.6 Å². The number of hydrogen-bond acceptors (Lipinski definition) is 7. The number of hydrogen-bond donors (Lipinski definition) is 2. The van der Waals surface area contributed by atoms with Crippen molar-refractivity contribution in [1.82, 2.24) is 19.9 Å². The van der Waals surface area contributed by atoms with Gasteiger partial charge in [0, 0.05) is 44.2 Å². The van der Waals surface area contributed by atoms with Crippen molar-refractivity contribution in [3.05, 3.63) is 113 Å². The number of imidazole rings is 1. The second-order valence-electron chi connectivity index (χ2n) is 10.4. The van der Waals surface area contributed by atoms with E-state index in [1.54, 1.807) is 25.3 Å². The molecule has 5 aromatic rings. The van der Waals surface area contributed by atoms with Gasteiger partial charge >= 0.3 is 5.97 Å². The van der Waals surface area contributed by atoms with Gasteiger partial charge in [-0.15, -0.1) is 0 Å². The van der Waals surface area contributed by atoms with Gasteiger partial charge in [-0.1, -0.05) is 36.4 Å². The third-order valence-electron chi connectivity index (χ3n) is 7.27. The normalized spacial score (nSPS) is 11.6. The zero-order valence-corrected chi connectivity index (χ0v) is 24.7. The standard InChI is InChI=1S/C34H30FN5O5/c1-21(41)37-18-27(44-2)19-40-31-16-25(34(42)43)12-13-30(31)38-32(40)15-22-6-9-24(10-7-22)29-4-3-5-33(39-29)45-20-26-11-8-23(17-36)14-28(26)35/h3-14,16,27H,15,18-20H2,1-2H3,(H,37,41)(H,42,43). The van der Waals surface area contributed by atoms with Gasteiger partial charge in [0.25, 0.3) is 0 Å². The van der Waals surface area contributed by atoms with Gasteiger partial charge in [-0.3, -0.25) is 4.79 Å². The summed E-state index contributed by atoms with van der Waals surface area (Å²) < 4.78 is 27.5. The van der Waals surface area contributed by atoms with Crippen LogP contribution in [0.4, 0.5) is 4.39 Å². The van der Waals surface area contributed by atoms with Crippen molar-refractivity contribution >= 4 is 22.9 Å². The number of ether oxygens (including phenoxy) is 2. The lowest BCUT2D eigenvalue weighted by Crippen LogP contribution is -2.34. The van der Waals surface area contributed by atoms with E-state index in [1.165, 1.54) is 31.2 Å². The molecule has 2 heterocycles. The molecule has 0 spiro atoms. The van der Waals surface area contributed by atoms with Crippen molar-refractivity contribution in [2.24, 2.45) is 0 Å². The molecule has 228 valence electrons. The molecule has 2 N–H and O–H groups in total. The van der Waals surface area contributed by atoms with E-state index in [9.17, 15) is 19.1 Å². The van der Waals surface area contributed by atoms with Gasteiger partial charge in [-0.05, 0) is 42.0 Å². The first-order valence-corrected chi connectivity index (χ1v) is 14.1. The highest BCUT2D eigenvalue weighted by atomic mass is 19.1. The lowest BCUT2D eigenvalue weighted by atomic mass is 10.1. The van der Waals surface area contributed by atoms with Crippen molar-refractivity contribution < 1.29 is 28.6 Å². The Hall–Kier alpha value is -5.60. The van der Waals surface area contributed by atoms with Crippen LogP contribution in [-0.4, -0.2) is 51.3 Å². The molecule has 3 aromatic carbocycles. The number of benzene rings is 3. The minimum Gasteiger partial charge on any atom is -0.478 e. The maximum Gasteiger partial charge on any atom is 0.335 e. The summed E-state index contributed by atoms with van der Waals surface area (Å²) in [7, 11) is 1.56. The third kappa shape index (κ3) is 7.49. The molecule has 1 unspecified atom stereocenters. The van der Waals surface area contributed by atoms with Crippen LogP contribution in [-0.2, 0) is 29.1 Å². The lowest BCUT2D eigenvalue weighted by molar-refractivity contribution is -0.119. The molecule has 0 radical (unpaired) electrons. The summed E-state index contributed by atoms with van der Waals surface area (Å²) in [5.41, 5.74) is 4.52. The first kappa shape index (κ1) is 30.8. The van der Waals surface area contributed by atoms with Crippen molar-refractivity contribution in [3.8, 4) is 23.2 Å². The van der Waals surface area contributed by atoms with E-state index in [-0.39, 0.29) is 36.3 Å². The van der Waals surface area contributed by atoms with Crippen LogP contribution in [0.3, 0.4) is 0 Å². The molecule has 0 bridgehead atoms. The van der Waals surface area contributed by atoms with Crippen LogP contribution in [0.1, 0.15) is 39.8 Å². The smallest absolute Gasteiger partial charge is 0.335 e. The number of nitrogens with one attached hydrogen (secondary N) is 1. The summed E-state index contributed by atoms with van der Waals surface area (Å²) in [6.45, 7) is 2.05. The van der Waals surface area contributed by atoms with Crippen molar-refractivity contribution in [1.29, 1.82) is 5.26 Å². The molecule has 0 saturated carbocycles. The highest BCUT2D eigenvalue weighted by Gasteiger charge is 2.18. The molecule has 11 heteroatoms. The van der Waals surface area contributed by atoms with E-state index in [0.717, 1.165) is 11.1 Å². The SMILES string of the molecule is COC(CNC(C)=O)Cn1c(Cc2ccc(-c3cccc(OCc4ccc(C#N)cc4F)n3)cc2)nc2ccc(C(=O)O)cc21. The number of fused-ring (bicyclic) bond motifs is 1. The van der Waals surface area contributed by atoms with E-state index in [4.69, 9.17) is 19.7 Å². The van der Waals surface area contributed by atoms with Crippen molar-refractivity contribution in [2.45, 2.75) is 32.6 Å². The second-order valence-corrected chi connectivity index (χ2v) is 10.4. The van der Waals surface area contributed by atoms with Crippen molar-refractivity contribution in [3.63, 3.8) is 0 Å². The number of amides is 1. The Bertz CT molecular complexity index is 1900. The van der Waals surface area contributed by atoms with Gasteiger partial charge in [0.2, 0.25) is 11.8 Å². The minimum atomic E-state index is -1.03. The Balaban J connectivity index is 1.35. The number of aromatic carboxylic acids is 1. The number of carbonyl (C=O) groups excluding carboxylic acids is 1. The van der Waals surface area contributed by atoms with Crippen LogP contribution in [0.25, 0.3) is 22.3 Å². The number of aromatic nitrogens is 3. The molecule has 0 fully saturated rings. The Morgan fingerprint density at radius 1 is 1.07 bits per heavy atom. The molecule has 0 aliphatic rings. The molecule has 0 aliphatic heterocycles. The van der Waals surface area contributed by atoms with Crippen LogP contribution in [0.15, 0.2) is 78.9 Å². The Morgan fingerprint density at radius 3 is 2.56 bits per heavy atom. The highest BCUT2D eigenvalue weighted by molar-refractivity contribution is 5.92. The maximum absolute atomic E-state index is 14.3. The van der Waals surface area contributed by atoms with E-state index in [1.807, 2.05) is 47.0 Å². The van der Waals surface area contributed by atoms with Gasteiger partial charge in [-0.2, -0.15) is 5.26 Å². The first-order chi connectivity index (χ1) is 21.7. The molecule has 10 nitrogen and oxygen atoms in total. The molecule has 0 aliphatic carbocycles. The predicted molar refractivity (Wildman–Crippen MR) is 164 cm³/mol. The molecule has 2 aromatic heterocycles. The molecule has 1 atom stereocenters. The zero-order chi connectivity index (χ0) is 31.9. The number of nitrogens with zero attached hydrogens (tertiary/aromatic N) is 4. The summed E-state index contributed by atoms with van der Waals surface area (Å²) in [6.07, 6.45) is 0.0932. The number of pyridine rings is 1. The van der Waals surface area contributed by atoms with Crippen LogP contribution < -0.4 is 10.1 Å². The quantitative estimate of drug-likeness (QED) is 0.199. The van der Waals surface area contributed by atoms with Crippen molar-refractivity contribution in [2.75, 3.05) is 13.7 Å². The topological polar surface area (TPSA) is 139 Å². The third-order valence-corrected chi connectivity index (χ3v) is 7.27. The van der Waals surface area contributed by atoms with E-state index >= 15 is 0 Å². The van der Waals surface area contributed by atoms with E-state index in [2.05, 4.69) is 10.3 Å². The maximum atomic E-state index is 14.3. The minimum absolute atomic E-state index is 0.0311. The monoisotopic (exact) mass is 607 g/mol. The lowest BCUT2D eigenvalue weighted by Gasteiger charge is -2.19. The fourth-order valence-electron chi connectivity index (χ4n) is 4.85. The molecular weight excluding hydrogens is 577 g/mol. The van der Waals surface area contributed by atoms with E-state index < -0.39 is 11.8 Å². The van der Waals surface area contributed by atoms with Crippen LogP contribution in [0.2, 0.25) is 0 Å². The van der Waals surface area contributed by atoms with Crippen LogP contribution >= 0.6 is 0 Å². The summed E-state index contributed by atoms with van der Waals surface area (Å²) in [4.78, 5) is 32.5. The summed E-state index contributed by atoms with van der Waals surface area (Å²) in [5.74, 6) is -0.668. The molecule has 1 amide bonds. The van der Waals surface area contributed by atoms with Crippen LogP contribution in [0.5, 0.6) is 5.88 Å². The first-order valence-electron chi connectivity index (χ1n) is 14.1. The molecule has 45 heavy (non-hydrogen) atoms. The highest BCUT2D eigenvalue weighted by Crippen LogP contribution is 2.25. The van der Waals surface area contributed by atoms with E-state index in [0.29, 0.717) is 47.0 Å². The zero-order valence-electron chi connectivity index (χ0n) is 24.7. The summed E-state index contributed by atoms with van der Waals surface area (Å²) in [6, 6.07) is 24.1. The molecular formula is C34H30FN5O5.